The molecule has 1 aliphatic heterocycles. The van der Waals surface area contributed by atoms with Crippen LogP contribution in [0.1, 0.15) is 12.0 Å². The van der Waals surface area contributed by atoms with Gasteiger partial charge in [0.15, 0.2) is 0 Å². The summed E-state index contributed by atoms with van der Waals surface area (Å²) in [5, 5.41) is 1.35. The highest BCUT2D eigenvalue weighted by Crippen LogP contribution is 2.27. The zero-order chi connectivity index (χ0) is 13.9. The molecule has 0 unspecified atom stereocenters. The number of aromatic nitrogens is 1. The smallest absolute Gasteiger partial charge is 0.0468 e. The standard InChI is InChI=1S/C16H22BrN3/c1-19-8-10-20(11-9-19)7-3-4-13-12-18-15-6-2-5-14(17)16(13)15/h2,5-6,12,18H,3-4,7-11H2,1H3. The van der Waals surface area contributed by atoms with Crippen molar-refractivity contribution < 1.29 is 0 Å². The Bertz CT molecular complexity index is 570. The summed E-state index contributed by atoms with van der Waals surface area (Å²) in [5.74, 6) is 0. The molecule has 0 radical (unpaired) electrons. The predicted octanol–water partition coefficient (Wildman–Crippen LogP) is 3.11. The van der Waals surface area contributed by atoms with Crippen LogP contribution in [0.25, 0.3) is 10.9 Å². The van der Waals surface area contributed by atoms with Gasteiger partial charge in [0.2, 0.25) is 0 Å². The lowest BCUT2D eigenvalue weighted by molar-refractivity contribution is 0.153. The maximum Gasteiger partial charge on any atom is 0.0468 e. The Morgan fingerprint density at radius 1 is 1.20 bits per heavy atom. The number of rotatable bonds is 4. The van der Waals surface area contributed by atoms with Crippen LogP contribution < -0.4 is 0 Å². The van der Waals surface area contributed by atoms with Crippen LogP contribution in [0, 0.1) is 0 Å². The van der Waals surface area contributed by atoms with Gasteiger partial charge in [0.05, 0.1) is 0 Å². The maximum absolute atomic E-state index is 3.67. The van der Waals surface area contributed by atoms with E-state index < -0.39 is 0 Å². The van der Waals surface area contributed by atoms with Crippen LogP contribution in [0.3, 0.4) is 0 Å². The summed E-state index contributed by atoms with van der Waals surface area (Å²) in [6, 6.07) is 6.35. The third-order valence-corrected chi connectivity index (χ3v) is 4.91. The van der Waals surface area contributed by atoms with Crippen molar-refractivity contribution in [2.45, 2.75) is 12.8 Å². The molecule has 1 N–H and O–H groups in total. The summed E-state index contributed by atoms with van der Waals surface area (Å²) in [4.78, 5) is 8.37. The van der Waals surface area contributed by atoms with Crippen molar-refractivity contribution in [2.24, 2.45) is 0 Å². The molecule has 1 aromatic heterocycles. The highest BCUT2D eigenvalue weighted by molar-refractivity contribution is 9.10. The van der Waals surface area contributed by atoms with E-state index in [-0.39, 0.29) is 0 Å². The van der Waals surface area contributed by atoms with E-state index in [2.05, 4.69) is 62.2 Å². The molecule has 1 fully saturated rings. The molecule has 0 spiro atoms. The van der Waals surface area contributed by atoms with Gasteiger partial charge in [-0.25, -0.2) is 0 Å². The Kier molecular flexibility index (Phi) is 4.44. The van der Waals surface area contributed by atoms with Gasteiger partial charge in [0.1, 0.15) is 0 Å². The molecule has 1 saturated heterocycles. The normalized spacial score (nSPS) is 17.9. The number of hydrogen-bond acceptors (Lipinski definition) is 2. The lowest BCUT2D eigenvalue weighted by atomic mass is 10.1. The highest BCUT2D eigenvalue weighted by atomic mass is 79.9. The minimum Gasteiger partial charge on any atom is -0.361 e. The first-order chi connectivity index (χ1) is 9.74. The molecule has 3 rings (SSSR count). The van der Waals surface area contributed by atoms with Crippen LogP contribution >= 0.6 is 15.9 Å². The lowest BCUT2D eigenvalue weighted by Crippen LogP contribution is -2.44. The summed E-state index contributed by atoms with van der Waals surface area (Å²) < 4.78 is 1.20. The molecule has 4 heteroatoms. The summed E-state index contributed by atoms with van der Waals surface area (Å²) >= 11 is 3.67. The van der Waals surface area contributed by atoms with Crippen LogP contribution in [0.2, 0.25) is 0 Å². The number of aromatic amines is 1. The predicted molar refractivity (Wildman–Crippen MR) is 88.3 cm³/mol. The Labute approximate surface area is 129 Å². The van der Waals surface area contributed by atoms with Gasteiger partial charge in [-0.2, -0.15) is 0 Å². The van der Waals surface area contributed by atoms with Crippen molar-refractivity contribution in [2.75, 3.05) is 39.8 Å². The number of fused-ring (bicyclic) bond motifs is 1. The van der Waals surface area contributed by atoms with E-state index in [1.54, 1.807) is 0 Å². The molecule has 20 heavy (non-hydrogen) atoms. The van der Waals surface area contributed by atoms with Crippen molar-refractivity contribution in [3.8, 4) is 0 Å². The molecule has 0 amide bonds. The van der Waals surface area contributed by atoms with Crippen molar-refractivity contribution in [1.29, 1.82) is 0 Å². The first-order valence-electron chi connectivity index (χ1n) is 7.39. The molecular weight excluding hydrogens is 314 g/mol. The third-order valence-electron chi connectivity index (χ3n) is 4.25. The van der Waals surface area contributed by atoms with Crippen LogP contribution in [-0.4, -0.2) is 54.6 Å². The minimum absolute atomic E-state index is 1.15. The zero-order valence-electron chi connectivity index (χ0n) is 12.0. The average Bonchev–Trinajstić information content (AvgIpc) is 2.86. The van der Waals surface area contributed by atoms with Gasteiger partial charge in [0, 0.05) is 47.8 Å². The van der Waals surface area contributed by atoms with Crippen molar-refractivity contribution >= 4 is 26.8 Å². The summed E-state index contributed by atoms with van der Waals surface area (Å²) in [5.41, 5.74) is 2.66. The topological polar surface area (TPSA) is 22.3 Å². The van der Waals surface area contributed by atoms with E-state index in [4.69, 9.17) is 0 Å². The molecule has 0 atom stereocenters. The number of aryl methyl sites for hydroxylation is 1. The molecule has 0 bridgehead atoms. The van der Waals surface area contributed by atoms with Crippen LogP contribution in [-0.2, 0) is 6.42 Å². The van der Waals surface area contributed by atoms with E-state index in [0.29, 0.717) is 0 Å². The molecule has 2 heterocycles. The minimum atomic E-state index is 1.15. The molecule has 108 valence electrons. The summed E-state index contributed by atoms with van der Waals surface area (Å²) in [6.45, 7) is 6.06. The molecule has 1 aromatic carbocycles. The van der Waals surface area contributed by atoms with E-state index in [1.165, 1.54) is 60.1 Å². The molecule has 2 aromatic rings. The maximum atomic E-state index is 3.67. The lowest BCUT2D eigenvalue weighted by Gasteiger charge is -2.32. The number of benzene rings is 1. The summed E-state index contributed by atoms with van der Waals surface area (Å²) in [7, 11) is 2.21. The van der Waals surface area contributed by atoms with Crippen molar-refractivity contribution in [1.82, 2.24) is 14.8 Å². The average molecular weight is 336 g/mol. The van der Waals surface area contributed by atoms with Crippen LogP contribution in [0.5, 0.6) is 0 Å². The van der Waals surface area contributed by atoms with Gasteiger partial charge in [-0.1, -0.05) is 22.0 Å². The molecule has 0 saturated carbocycles. The summed E-state index contributed by atoms with van der Waals surface area (Å²) in [6.07, 6.45) is 4.55. The zero-order valence-corrected chi connectivity index (χ0v) is 13.6. The Hall–Kier alpha value is -0.840. The second kappa shape index (κ2) is 6.29. The number of H-pyrrole nitrogens is 1. The fourth-order valence-electron chi connectivity index (χ4n) is 2.97. The first-order valence-corrected chi connectivity index (χ1v) is 8.19. The monoisotopic (exact) mass is 335 g/mol. The highest BCUT2D eigenvalue weighted by Gasteiger charge is 2.13. The van der Waals surface area contributed by atoms with Crippen molar-refractivity contribution in [3.63, 3.8) is 0 Å². The largest absolute Gasteiger partial charge is 0.361 e. The first kappa shape index (κ1) is 14.1. The van der Waals surface area contributed by atoms with Gasteiger partial charge in [-0.05, 0) is 44.1 Å². The number of piperazine rings is 1. The quantitative estimate of drug-likeness (QED) is 0.927. The van der Waals surface area contributed by atoms with E-state index in [0.717, 1.165) is 6.42 Å². The number of hydrogen-bond donors (Lipinski definition) is 1. The van der Waals surface area contributed by atoms with Gasteiger partial charge < -0.3 is 14.8 Å². The molecule has 0 aliphatic carbocycles. The molecule has 1 aliphatic rings. The van der Waals surface area contributed by atoms with Crippen molar-refractivity contribution in [3.05, 3.63) is 34.4 Å². The van der Waals surface area contributed by atoms with Crippen LogP contribution in [0.4, 0.5) is 0 Å². The SMILES string of the molecule is CN1CCN(CCCc2c[nH]c3cccc(Br)c23)CC1. The van der Waals surface area contributed by atoms with Gasteiger partial charge >= 0.3 is 0 Å². The molecular formula is C16H22BrN3. The molecule has 3 nitrogen and oxygen atoms in total. The number of nitrogens with one attached hydrogen (secondary N) is 1. The van der Waals surface area contributed by atoms with E-state index in [1.807, 2.05) is 0 Å². The Morgan fingerprint density at radius 2 is 2.00 bits per heavy atom. The van der Waals surface area contributed by atoms with Gasteiger partial charge in [-0.3, -0.25) is 0 Å². The Balaban J connectivity index is 1.58. The fraction of sp³-hybridized carbons (Fsp3) is 0.500. The number of likely N-dealkylation sites (N-methyl/N-ethyl adjacent to an activating group) is 1. The Morgan fingerprint density at radius 3 is 2.80 bits per heavy atom. The van der Waals surface area contributed by atoms with Gasteiger partial charge in [0.25, 0.3) is 0 Å². The van der Waals surface area contributed by atoms with Crippen LogP contribution in [0.15, 0.2) is 28.9 Å². The third kappa shape index (κ3) is 3.08. The second-order valence-electron chi connectivity index (χ2n) is 5.72. The number of halogens is 1. The van der Waals surface area contributed by atoms with E-state index >= 15 is 0 Å². The number of nitrogens with zero attached hydrogens (tertiary/aromatic N) is 2. The van der Waals surface area contributed by atoms with Gasteiger partial charge in [-0.15, -0.1) is 0 Å². The van der Waals surface area contributed by atoms with E-state index in [9.17, 15) is 0 Å². The fourth-order valence-corrected chi connectivity index (χ4v) is 3.59. The second-order valence-corrected chi connectivity index (χ2v) is 6.58.